The number of hydrogen-bond acceptors (Lipinski definition) is 6. The molecule has 7 nitrogen and oxygen atoms in total. The van der Waals surface area contributed by atoms with Crippen molar-refractivity contribution >= 4 is 40.5 Å². The predicted octanol–water partition coefficient (Wildman–Crippen LogP) is 9.17. The molecule has 6 aromatic carbocycles. The molecule has 2 aliphatic rings. The highest BCUT2D eigenvalue weighted by Crippen LogP contribution is 2.56. The van der Waals surface area contributed by atoms with Gasteiger partial charge in [-0.25, -0.2) is 4.90 Å². The molecule has 0 saturated carbocycles. The molecule has 0 aromatic heterocycles. The number of hydrogen-bond donors (Lipinski definition) is 0. The zero-order valence-electron chi connectivity index (χ0n) is 31.5. The molecule has 2 amide bonds. The molecule has 0 radical (unpaired) electrons. The average molecular weight is 723 g/mol. The lowest BCUT2D eigenvalue weighted by molar-refractivity contribution is 0.0923. The molecule has 0 bridgehead atoms. The summed E-state index contributed by atoms with van der Waals surface area (Å²) in [4.78, 5) is 69.4. The molecule has 0 saturated heterocycles. The predicted molar refractivity (Wildman–Crippen MR) is 215 cm³/mol. The maximum atomic E-state index is 14.1. The van der Waals surface area contributed by atoms with Gasteiger partial charge < -0.3 is 4.90 Å². The second kappa shape index (κ2) is 13.0. The molecule has 1 aliphatic heterocycles. The minimum absolute atomic E-state index is 0.123. The molecule has 0 N–H and O–H groups in total. The summed E-state index contributed by atoms with van der Waals surface area (Å²) in [5.41, 5.74) is 10.7. The number of rotatable bonds is 8. The molecule has 6 aromatic rings. The monoisotopic (exact) mass is 722 g/mol. The van der Waals surface area contributed by atoms with Crippen LogP contribution in [0.2, 0.25) is 0 Å². The van der Waals surface area contributed by atoms with Crippen LogP contribution in [0.4, 0.5) is 11.4 Å². The maximum Gasteiger partial charge on any atom is 0.266 e. The van der Waals surface area contributed by atoms with Gasteiger partial charge in [0.25, 0.3) is 11.8 Å². The first-order valence-corrected chi connectivity index (χ1v) is 18.2. The minimum atomic E-state index is -0.672. The van der Waals surface area contributed by atoms with E-state index in [1.807, 2.05) is 33.2 Å². The highest BCUT2D eigenvalue weighted by atomic mass is 16.2. The summed E-state index contributed by atoms with van der Waals surface area (Å²) < 4.78 is 0. The lowest BCUT2D eigenvalue weighted by Gasteiger charge is -2.35. The molecule has 270 valence electrons. The number of benzene rings is 6. The summed E-state index contributed by atoms with van der Waals surface area (Å²) >= 11 is 0. The van der Waals surface area contributed by atoms with Gasteiger partial charge in [0.05, 0.1) is 22.2 Å². The van der Waals surface area contributed by atoms with E-state index in [9.17, 15) is 24.0 Å². The molecular formula is C48H38N2O5. The molecular weight excluding hydrogens is 685 g/mol. The first-order chi connectivity index (χ1) is 26.3. The van der Waals surface area contributed by atoms with Crippen molar-refractivity contribution in [3.05, 3.63) is 188 Å². The van der Waals surface area contributed by atoms with Gasteiger partial charge in [-0.2, -0.15) is 0 Å². The normalized spacial score (nSPS) is 13.7. The summed E-state index contributed by atoms with van der Waals surface area (Å²) in [6, 6.07) is 38.4. The van der Waals surface area contributed by atoms with Crippen LogP contribution in [0.15, 0.2) is 121 Å². The van der Waals surface area contributed by atoms with Crippen molar-refractivity contribution in [3.63, 3.8) is 0 Å². The van der Waals surface area contributed by atoms with Crippen molar-refractivity contribution in [2.24, 2.45) is 0 Å². The number of Topliss-reactive ketones (excluding diaryl/α,β-unsaturated/α-hetero) is 2. The maximum absolute atomic E-state index is 14.1. The fourth-order valence-electron chi connectivity index (χ4n) is 8.61. The van der Waals surface area contributed by atoms with Gasteiger partial charge in [0.1, 0.15) is 0 Å². The summed E-state index contributed by atoms with van der Waals surface area (Å²) in [6.45, 7) is 6.74. The van der Waals surface area contributed by atoms with Gasteiger partial charge in [-0.15, -0.1) is 0 Å². The van der Waals surface area contributed by atoms with Gasteiger partial charge in [0.2, 0.25) is 0 Å². The highest BCUT2D eigenvalue weighted by molar-refractivity contribution is 6.35. The van der Waals surface area contributed by atoms with Crippen LogP contribution in [0.5, 0.6) is 0 Å². The third-order valence-corrected chi connectivity index (χ3v) is 11.1. The molecule has 8 rings (SSSR count). The zero-order valence-corrected chi connectivity index (χ0v) is 31.5. The summed E-state index contributed by atoms with van der Waals surface area (Å²) in [6.07, 6.45) is 0. The summed E-state index contributed by atoms with van der Waals surface area (Å²) in [7, 11) is 4.08. The van der Waals surface area contributed by atoms with E-state index in [0.29, 0.717) is 5.69 Å². The Morgan fingerprint density at radius 2 is 1.09 bits per heavy atom. The van der Waals surface area contributed by atoms with Gasteiger partial charge in [-0.05, 0) is 109 Å². The van der Waals surface area contributed by atoms with Gasteiger partial charge in [0, 0.05) is 42.0 Å². The van der Waals surface area contributed by atoms with Gasteiger partial charge in [0.15, 0.2) is 17.3 Å². The summed E-state index contributed by atoms with van der Waals surface area (Å²) in [5, 5.41) is 0. The molecule has 0 spiro atoms. The van der Waals surface area contributed by atoms with Crippen LogP contribution in [-0.2, 0) is 5.41 Å². The average Bonchev–Trinajstić information content (AvgIpc) is 3.61. The van der Waals surface area contributed by atoms with Crippen LogP contribution in [0.25, 0.3) is 11.1 Å². The van der Waals surface area contributed by atoms with E-state index in [1.54, 1.807) is 0 Å². The molecule has 0 fully saturated rings. The lowest BCUT2D eigenvalue weighted by Crippen LogP contribution is -2.31. The Kier molecular flexibility index (Phi) is 8.34. The number of ketones is 3. The Bertz CT molecular complexity index is 2640. The number of amides is 2. The second-order valence-electron chi connectivity index (χ2n) is 14.6. The lowest BCUT2D eigenvalue weighted by atomic mass is 9.67. The van der Waals surface area contributed by atoms with Crippen LogP contribution < -0.4 is 9.80 Å². The van der Waals surface area contributed by atoms with Crippen molar-refractivity contribution in [3.8, 4) is 11.1 Å². The zero-order chi connectivity index (χ0) is 38.9. The number of anilines is 2. The van der Waals surface area contributed by atoms with Crippen molar-refractivity contribution < 1.29 is 24.0 Å². The Morgan fingerprint density at radius 1 is 0.545 bits per heavy atom. The van der Waals surface area contributed by atoms with E-state index >= 15 is 0 Å². The van der Waals surface area contributed by atoms with Crippen LogP contribution in [0.3, 0.4) is 0 Å². The molecule has 0 unspecified atom stereocenters. The molecule has 7 heteroatoms. The van der Waals surface area contributed by atoms with Crippen LogP contribution in [-0.4, -0.2) is 43.3 Å². The number of carbonyl (C=O) groups excluding carboxylic acids is 5. The molecule has 55 heavy (non-hydrogen) atoms. The standard InChI is InChI=1S/C48H38N2O5/c1-27-23-33(17-21-43(27)49(5)6)48(41-13-9-7-11-36(41)37-12-8-10-14-42(37)48)34-18-22-44(28(2)24-34)50-46(54)38-20-16-32(26-40(38)47(50)55)45(53)31-15-19-35(29(3)51)39(25-31)30(4)52/h7-26H,1-6H3. The quantitative estimate of drug-likeness (QED) is 0.115. The van der Waals surface area contributed by atoms with Gasteiger partial charge >= 0.3 is 0 Å². The van der Waals surface area contributed by atoms with E-state index < -0.39 is 23.0 Å². The summed E-state index contributed by atoms with van der Waals surface area (Å²) in [5.74, 6) is -2.05. The van der Waals surface area contributed by atoms with Crippen molar-refractivity contribution in [1.82, 2.24) is 0 Å². The second-order valence-corrected chi connectivity index (χ2v) is 14.6. The Hall–Kier alpha value is -6.73. The Balaban J connectivity index is 1.21. The van der Waals surface area contributed by atoms with E-state index in [2.05, 4.69) is 84.6 Å². The fourth-order valence-corrected chi connectivity index (χ4v) is 8.61. The van der Waals surface area contributed by atoms with Crippen molar-refractivity contribution in [2.75, 3.05) is 23.9 Å². The van der Waals surface area contributed by atoms with E-state index in [4.69, 9.17) is 0 Å². The smallest absolute Gasteiger partial charge is 0.266 e. The number of carbonyl (C=O) groups is 5. The fraction of sp³-hybridized carbons (Fsp3) is 0.146. The van der Waals surface area contributed by atoms with Crippen LogP contribution >= 0.6 is 0 Å². The Morgan fingerprint density at radius 3 is 1.67 bits per heavy atom. The SMILES string of the molecule is CC(=O)c1ccc(C(=O)c2ccc3c(c2)C(=O)N(c2ccc(C4(c5ccc(N(C)C)c(C)c5)c5ccccc5-c5ccccc54)cc2C)C3=O)cc1C(C)=O. The van der Waals surface area contributed by atoms with E-state index in [-0.39, 0.29) is 44.9 Å². The Labute approximate surface area is 319 Å². The van der Waals surface area contributed by atoms with Crippen LogP contribution in [0, 0.1) is 13.8 Å². The topological polar surface area (TPSA) is 91.8 Å². The number of imide groups is 1. The largest absolute Gasteiger partial charge is 0.377 e. The van der Waals surface area contributed by atoms with Crippen molar-refractivity contribution in [2.45, 2.75) is 33.1 Å². The van der Waals surface area contributed by atoms with Gasteiger partial charge in [-0.3, -0.25) is 24.0 Å². The number of nitrogens with zero attached hydrogens (tertiary/aromatic N) is 2. The minimum Gasteiger partial charge on any atom is -0.377 e. The number of aryl methyl sites for hydroxylation is 2. The first kappa shape index (κ1) is 35.3. The third kappa shape index (κ3) is 5.29. The molecule has 1 aliphatic carbocycles. The molecule has 1 heterocycles. The van der Waals surface area contributed by atoms with E-state index in [1.165, 1.54) is 55.1 Å². The van der Waals surface area contributed by atoms with Gasteiger partial charge in [-0.1, -0.05) is 84.9 Å². The number of fused-ring (bicyclic) bond motifs is 4. The first-order valence-electron chi connectivity index (χ1n) is 18.2. The highest BCUT2D eigenvalue weighted by Gasteiger charge is 2.47. The third-order valence-electron chi connectivity index (χ3n) is 11.1. The van der Waals surface area contributed by atoms with Crippen LogP contribution in [0.1, 0.15) is 105 Å². The van der Waals surface area contributed by atoms with Crippen molar-refractivity contribution in [1.29, 1.82) is 0 Å². The van der Waals surface area contributed by atoms with E-state index in [0.717, 1.165) is 50.2 Å². The molecule has 0 atom stereocenters.